The zero-order valence-electron chi connectivity index (χ0n) is 19.7. The van der Waals surface area contributed by atoms with Gasteiger partial charge in [0.25, 0.3) is 0 Å². The number of halogens is 3. The van der Waals surface area contributed by atoms with Crippen molar-refractivity contribution in [1.29, 1.82) is 0 Å². The van der Waals surface area contributed by atoms with Crippen LogP contribution >= 0.6 is 34.8 Å². The molecule has 0 aliphatic rings. The van der Waals surface area contributed by atoms with E-state index >= 15 is 0 Å². The molecule has 0 heterocycles. The van der Waals surface area contributed by atoms with Crippen LogP contribution in [0.4, 0.5) is 5.69 Å². The molecule has 9 heteroatoms. The fourth-order valence-corrected chi connectivity index (χ4v) is 3.02. The summed E-state index contributed by atoms with van der Waals surface area (Å²) in [6.45, 7) is 12.3. The first-order valence-electron chi connectivity index (χ1n) is 9.48. The van der Waals surface area contributed by atoms with Gasteiger partial charge in [-0.1, -0.05) is 35.4 Å². The molecule has 2 aromatic rings. The number of carbonyl (C=O) groups excluding carboxylic acids is 2. The molecule has 0 atom stereocenters. The zero-order valence-corrected chi connectivity index (χ0v) is 22.0. The van der Waals surface area contributed by atoms with E-state index in [2.05, 4.69) is 53.6 Å². The van der Waals surface area contributed by atoms with Crippen LogP contribution in [-0.4, -0.2) is 46.7 Å². The molecule has 2 N–H and O–H groups in total. The van der Waals surface area contributed by atoms with Crippen molar-refractivity contribution >= 4 is 75.4 Å². The van der Waals surface area contributed by atoms with E-state index in [1.807, 2.05) is 27.7 Å². The lowest BCUT2D eigenvalue weighted by atomic mass is 9.81. The van der Waals surface area contributed by atoms with Gasteiger partial charge in [-0.3, -0.25) is 9.59 Å². The van der Waals surface area contributed by atoms with Gasteiger partial charge in [-0.15, -0.1) is 23.2 Å². The fraction of sp³-hybridized carbons (Fsp3) is 0.391. The average Bonchev–Trinajstić information content (AvgIpc) is 2.71. The van der Waals surface area contributed by atoms with Gasteiger partial charge >= 0.3 is 0 Å². The van der Waals surface area contributed by atoms with Crippen LogP contribution < -0.4 is 5.73 Å². The molecule has 2 aromatic carbocycles. The summed E-state index contributed by atoms with van der Waals surface area (Å²) in [4.78, 5) is 20.7. The van der Waals surface area contributed by atoms with Crippen LogP contribution in [0.15, 0.2) is 24.3 Å². The molecular formula is C23H30B3Cl3NO2. The number of benzene rings is 2. The summed E-state index contributed by atoms with van der Waals surface area (Å²) in [6, 6.07) is 8.40. The number of nitrogen functional groups attached to an aromatic ring is 1. The van der Waals surface area contributed by atoms with E-state index in [4.69, 9.17) is 40.5 Å². The Hall–Kier alpha value is -1.36. The molecule has 0 saturated carbocycles. The molecule has 0 spiro atoms. The molecule has 32 heavy (non-hydrogen) atoms. The first-order valence-corrected chi connectivity index (χ1v) is 10.9. The molecule has 2 rings (SSSR count). The van der Waals surface area contributed by atoms with Crippen LogP contribution in [0.3, 0.4) is 0 Å². The van der Waals surface area contributed by atoms with Crippen molar-refractivity contribution in [3.05, 3.63) is 63.2 Å². The number of carbonyl (C=O) groups is 2. The molecule has 0 bridgehead atoms. The van der Waals surface area contributed by atoms with Gasteiger partial charge < -0.3 is 5.73 Å². The van der Waals surface area contributed by atoms with E-state index in [-0.39, 0.29) is 26.0 Å². The maximum absolute atomic E-state index is 11.2. The molecule has 0 aliphatic carbocycles. The predicted molar refractivity (Wildman–Crippen MR) is 144 cm³/mol. The van der Waals surface area contributed by atoms with Crippen molar-refractivity contribution in [1.82, 2.24) is 0 Å². The second-order valence-corrected chi connectivity index (χ2v) is 7.98. The van der Waals surface area contributed by atoms with Crippen LogP contribution in [0.2, 0.25) is 0 Å². The van der Waals surface area contributed by atoms with Crippen molar-refractivity contribution in [3.8, 4) is 0 Å². The van der Waals surface area contributed by atoms with Crippen molar-refractivity contribution in [2.75, 3.05) is 17.5 Å². The Kier molecular flexibility index (Phi) is 21.1. The molecule has 169 valence electrons. The summed E-state index contributed by atoms with van der Waals surface area (Å²) in [7, 11) is 8.00. The van der Waals surface area contributed by atoms with Crippen molar-refractivity contribution < 1.29 is 9.59 Å². The van der Waals surface area contributed by atoms with Gasteiger partial charge in [0.2, 0.25) is 5.24 Å². The van der Waals surface area contributed by atoms with E-state index in [1.165, 1.54) is 33.4 Å². The Morgan fingerprint density at radius 1 is 0.781 bits per heavy atom. The minimum absolute atomic E-state index is 0. The topological polar surface area (TPSA) is 60.2 Å². The standard InChI is InChI=1S/C12H15ClO.C9H13N.C2H2Cl2O.B2.B/c1-8-4-9(2)12(10(3)5-8)6-11(14)7-13;1-6-4-7(2)9(10)8(3)5-6;3-1-2(4)5;1-2;/h4-5H,6-7H2,1-3H3;4-5H,10H2,1-3H3;1H2;;. The Morgan fingerprint density at radius 2 is 1.09 bits per heavy atom. The predicted octanol–water partition coefficient (Wildman–Crippen LogP) is 5.00. The third-order valence-electron chi connectivity index (χ3n) is 4.21. The van der Waals surface area contributed by atoms with E-state index < -0.39 is 5.24 Å². The number of rotatable bonds is 4. The smallest absolute Gasteiger partial charge is 0.236 e. The molecule has 0 unspecified atom stereocenters. The summed E-state index contributed by atoms with van der Waals surface area (Å²) in [6.07, 6.45) is 0.460. The van der Waals surface area contributed by atoms with Crippen LogP contribution in [0, 0.1) is 41.5 Å². The summed E-state index contributed by atoms with van der Waals surface area (Å²) < 4.78 is 0. The summed E-state index contributed by atoms with van der Waals surface area (Å²) in [5.74, 6) is 0.0932. The van der Waals surface area contributed by atoms with Crippen LogP contribution in [0.1, 0.15) is 38.9 Å². The van der Waals surface area contributed by atoms with Crippen molar-refractivity contribution in [2.45, 2.75) is 48.0 Å². The molecule has 0 aromatic heterocycles. The van der Waals surface area contributed by atoms with Gasteiger partial charge in [-0.2, -0.15) is 0 Å². The Labute approximate surface area is 213 Å². The molecule has 0 fully saturated rings. The van der Waals surface area contributed by atoms with Gasteiger partial charge in [-0.05, 0) is 81.0 Å². The first-order chi connectivity index (χ1) is 14.4. The van der Waals surface area contributed by atoms with E-state index in [0.717, 1.165) is 11.3 Å². The lowest BCUT2D eigenvalue weighted by molar-refractivity contribution is -0.116. The Bertz CT molecular complexity index is 816. The van der Waals surface area contributed by atoms with Crippen molar-refractivity contribution in [3.63, 3.8) is 0 Å². The quantitative estimate of drug-likeness (QED) is 0.283. The van der Waals surface area contributed by atoms with E-state index in [1.54, 1.807) is 0 Å². The summed E-state index contributed by atoms with van der Waals surface area (Å²) in [5, 5.41) is -0.508. The molecule has 0 aliphatic heterocycles. The highest BCUT2D eigenvalue weighted by atomic mass is 35.5. The maximum Gasteiger partial charge on any atom is 0.236 e. The molecule has 0 saturated heterocycles. The number of anilines is 1. The third kappa shape index (κ3) is 14.7. The van der Waals surface area contributed by atoms with Gasteiger partial charge in [-0.25, -0.2) is 0 Å². The normalized spacial score (nSPS) is 8.91. The highest BCUT2D eigenvalue weighted by Crippen LogP contribution is 2.18. The second-order valence-electron chi connectivity index (χ2n) is 7.03. The fourth-order valence-electron chi connectivity index (χ4n) is 2.92. The highest BCUT2D eigenvalue weighted by molar-refractivity contribution is 6.75. The monoisotopic (exact) mass is 490 g/mol. The van der Waals surface area contributed by atoms with Crippen LogP contribution in [-0.2, 0) is 16.0 Å². The zero-order chi connectivity index (χ0) is 24.7. The lowest BCUT2D eigenvalue weighted by Gasteiger charge is -2.09. The molecule has 0 amide bonds. The number of nitrogens with two attached hydrogens (primary N) is 1. The average molecular weight is 491 g/mol. The van der Waals surface area contributed by atoms with Crippen molar-refractivity contribution in [2.24, 2.45) is 0 Å². The molecular weight excluding hydrogens is 461 g/mol. The third-order valence-corrected chi connectivity index (χ3v) is 5.02. The summed E-state index contributed by atoms with van der Waals surface area (Å²) in [5.41, 5.74) is 15.0. The lowest BCUT2D eigenvalue weighted by Crippen LogP contribution is -2.07. The minimum atomic E-state index is -0.508. The van der Waals surface area contributed by atoms with E-state index in [0.29, 0.717) is 6.42 Å². The second kappa shape index (κ2) is 19.1. The SMILES string of the molecule is Cc1cc(C)c(CC(=O)CCl)c(C)c1.Cc1cc(C)c(N)c(C)c1.O=C(Cl)CCl.[B].[B][B]. The summed E-state index contributed by atoms with van der Waals surface area (Å²) >= 11 is 15.0. The van der Waals surface area contributed by atoms with Crippen LogP contribution in [0.25, 0.3) is 0 Å². The van der Waals surface area contributed by atoms with E-state index in [9.17, 15) is 9.59 Å². The molecule has 7 radical (unpaired) electrons. The Morgan fingerprint density at radius 3 is 1.38 bits per heavy atom. The molecule has 3 nitrogen and oxygen atoms in total. The van der Waals surface area contributed by atoms with Gasteiger partial charge in [0.05, 0.1) is 11.8 Å². The minimum Gasteiger partial charge on any atom is -0.398 e. The number of alkyl halides is 2. The number of hydrogen-bond donors (Lipinski definition) is 1. The van der Waals surface area contributed by atoms with Crippen LogP contribution in [0.5, 0.6) is 0 Å². The maximum atomic E-state index is 11.2. The first kappa shape index (κ1) is 35.2. The Balaban J connectivity index is -0.000000410. The largest absolute Gasteiger partial charge is 0.398 e. The number of ketones is 1. The number of Topliss-reactive ketones (excluding diaryl/α,β-unsaturated/α-hetero) is 1. The van der Waals surface area contributed by atoms with Gasteiger partial charge in [0.1, 0.15) is 0 Å². The number of aryl methyl sites for hydroxylation is 6. The van der Waals surface area contributed by atoms with Gasteiger partial charge in [0, 0.05) is 36.0 Å². The number of hydrogen-bond acceptors (Lipinski definition) is 3. The highest BCUT2D eigenvalue weighted by Gasteiger charge is 2.08. The van der Waals surface area contributed by atoms with Gasteiger partial charge in [0.15, 0.2) is 5.78 Å².